The van der Waals surface area contributed by atoms with Crippen molar-refractivity contribution in [3.63, 3.8) is 0 Å². The molecule has 0 heteroatoms. The molecule has 0 aliphatic heterocycles. The molecule has 0 heterocycles. The fourth-order valence-corrected chi connectivity index (χ4v) is 6.59. The first kappa shape index (κ1) is 23.7. The van der Waals surface area contributed by atoms with Gasteiger partial charge in [-0.3, -0.25) is 0 Å². The van der Waals surface area contributed by atoms with Gasteiger partial charge in [-0.05, 0) is 92.1 Å². The zero-order valence-electron chi connectivity index (χ0n) is 23.0. The van der Waals surface area contributed by atoms with Crippen LogP contribution < -0.4 is 0 Å². The van der Waals surface area contributed by atoms with Gasteiger partial charge in [0, 0.05) is 5.41 Å². The number of hydrogen-bond acceptors (Lipinski definition) is 0. The van der Waals surface area contributed by atoms with Gasteiger partial charge in [-0.15, -0.1) is 0 Å². The summed E-state index contributed by atoms with van der Waals surface area (Å²) in [6, 6.07) is 45.2. The van der Waals surface area contributed by atoms with Crippen LogP contribution in [0.3, 0.4) is 0 Å². The molecule has 1 aliphatic carbocycles. The molecule has 0 fully saturated rings. The topological polar surface area (TPSA) is 0 Å². The summed E-state index contributed by atoms with van der Waals surface area (Å²) in [5.41, 5.74) is 13.1. The second-order valence-corrected chi connectivity index (χ2v) is 11.6. The molecule has 0 spiro atoms. The monoisotopic (exact) mass is 500 g/mol. The minimum absolute atomic E-state index is 0.152. The molecule has 0 radical (unpaired) electrons. The second kappa shape index (κ2) is 8.82. The quantitative estimate of drug-likeness (QED) is 0.212. The average Bonchev–Trinajstić information content (AvgIpc) is 3.18. The van der Waals surface area contributed by atoms with E-state index in [1.54, 1.807) is 0 Å². The Bertz CT molecular complexity index is 1860. The third kappa shape index (κ3) is 3.74. The van der Waals surface area contributed by atoms with Crippen molar-refractivity contribution in [2.75, 3.05) is 0 Å². The van der Waals surface area contributed by atoms with E-state index in [0.29, 0.717) is 0 Å². The smallest absolute Gasteiger partial charge is 0.0165 e. The van der Waals surface area contributed by atoms with Crippen LogP contribution in [-0.4, -0.2) is 0 Å². The van der Waals surface area contributed by atoms with Gasteiger partial charge >= 0.3 is 0 Å². The fourth-order valence-electron chi connectivity index (χ4n) is 6.59. The van der Waals surface area contributed by atoms with Crippen LogP contribution in [0.2, 0.25) is 0 Å². The maximum Gasteiger partial charge on any atom is 0.0165 e. The van der Waals surface area contributed by atoms with Crippen molar-refractivity contribution in [2.24, 2.45) is 0 Å². The minimum atomic E-state index is -0.152. The third-order valence-corrected chi connectivity index (χ3v) is 8.58. The summed E-state index contributed by atoms with van der Waals surface area (Å²) in [7, 11) is 0. The van der Waals surface area contributed by atoms with Crippen molar-refractivity contribution in [1.29, 1.82) is 0 Å². The molecule has 0 saturated carbocycles. The van der Waals surface area contributed by atoms with Gasteiger partial charge in [-0.25, -0.2) is 0 Å². The van der Waals surface area contributed by atoms with E-state index >= 15 is 0 Å². The van der Waals surface area contributed by atoms with Crippen LogP contribution in [0.25, 0.3) is 43.8 Å². The fraction of sp³-hybridized carbons (Fsp3) is 0.128. The lowest BCUT2D eigenvalue weighted by molar-refractivity contribution is 0.704. The Morgan fingerprint density at radius 3 is 1.59 bits per heavy atom. The zero-order valence-corrected chi connectivity index (χ0v) is 23.0. The lowest BCUT2D eigenvalue weighted by Gasteiger charge is -2.26. The van der Waals surface area contributed by atoms with Gasteiger partial charge in [0.15, 0.2) is 0 Å². The Labute approximate surface area is 231 Å². The number of benzene rings is 6. The molecular weight excluding hydrogens is 468 g/mol. The summed E-state index contributed by atoms with van der Waals surface area (Å²) in [5, 5.41) is 5.17. The highest BCUT2D eigenvalue weighted by atomic mass is 14.4. The lowest BCUT2D eigenvalue weighted by Crippen LogP contribution is -2.16. The molecule has 0 amide bonds. The highest BCUT2D eigenvalue weighted by Crippen LogP contribution is 2.54. The Balaban J connectivity index is 1.51. The molecular formula is C39H32. The summed E-state index contributed by atoms with van der Waals surface area (Å²) in [4.78, 5) is 0. The Kier molecular flexibility index (Phi) is 5.35. The Hall–Kier alpha value is -4.42. The van der Waals surface area contributed by atoms with Crippen molar-refractivity contribution < 1.29 is 0 Å². The number of fused-ring (bicyclic) bond motifs is 3. The highest BCUT2D eigenvalue weighted by molar-refractivity contribution is 6.13. The highest BCUT2D eigenvalue weighted by Gasteiger charge is 2.39. The van der Waals surface area contributed by atoms with Crippen molar-refractivity contribution in [3.8, 4) is 11.1 Å². The predicted octanol–water partition coefficient (Wildman–Crippen LogP) is 10.5. The third-order valence-electron chi connectivity index (χ3n) is 8.58. The molecule has 6 aromatic rings. The van der Waals surface area contributed by atoms with E-state index in [-0.39, 0.29) is 5.41 Å². The molecule has 0 aromatic heterocycles. The summed E-state index contributed by atoms with van der Waals surface area (Å²) in [6.45, 7) is 9.11. The van der Waals surface area contributed by atoms with Gasteiger partial charge < -0.3 is 0 Å². The number of hydrogen-bond donors (Lipinski definition) is 0. The van der Waals surface area contributed by atoms with Crippen LogP contribution in [0, 0.1) is 13.8 Å². The van der Waals surface area contributed by atoms with Gasteiger partial charge in [-0.2, -0.15) is 0 Å². The molecule has 0 bridgehead atoms. The van der Waals surface area contributed by atoms with E-state index in [9.17, 15) is 0 Å². The SMILES string of the molecule is Cc1ccc(C2=C(c3ccc(C)cc3)C(C)(C)c3cc(-c4c5ccccc5cc5ccccc45)ccc32)cc1. The molecule has 6 aromatic carbocycles. The Morgan fingerprint density at radius 2 is 1.00 bits per heavy atom. The van der Waals surface area contributed by atoms with E-state index in [0.717, 1.165) is 0 Å². The Morgan fingerprint density at radius 1 is 0.487 bits per heavy atom. The summed E-state index contributed by atoms with van der Waals surface area (Å²) < 4.78 is 0. The van der Waals surface area contributed by atoms with Gasteiger partial charge in [-0.1, -0.05) is 134 Å². The molecule has 188 valence electrons. The lowest BCUT2D eigenvalue weighted by atomic mass is 9.77. The molecule has 39 heavy (non-hydrogen) atoms. The number of allylic oxidation sites excluding steroid dienone is 1. The molecule has 0 atom stereocenters. The van der Waals surface area contributed by atoms with Crippen molar-refractivity contribution >= 4 is 32.7 Å². The predicted molar refractivity (Wildman–Crippen MR) is 168 cm³/mol. The normalized spacial score (nSPS) is 14.3. The maximum absolute atomic E-state index is 2.47. The minimum Gasteiger partial charge on any atom is -0.0616 e. The standard InChI is InChI=1S/C39H32/c1-25-13-17-27(18-14-25)37-34-22-21-31(24-35(34)39(3,4)38(37)28-19-15-26(2)16-20-28)36-32-11-7-5-9-29(32)23-30-10-6-8-12-33(30)36/h5-24H,1-4H3. The number of rotatable bonds is 3. The maximum atomic E-state index is 2.47. The summed E-state index contributed by atoms with van der Waals surface area (Å²) in [6.07, 6.45) is 0. The van der Waals surface area contributed by atoms with E-state index in [1.807, 2.05) is 0 Å². The van der Waals surface area contributed by atoms with Gasteiger partial charge in [0.05, 0.1) is 0 Å². The largest absolute Gasteiger partial charge is 0.0616 e. The summed E-state index contributed by atoms with van der Waals surface area (Å²) >= 11 is 0. The van der Waals surface area contributed by atoms with Gasteiger partial charge in [0.1, 0.15) is 0 Å². The van der Waals surface area contributed by atoms with E-state index in [2.05, 4.69) is 149 Å². The first-order valence-corrected chi connectivity index (χ1v) is 13.9. The van der Waals surface area contributed by atoms with Gasteiger partial charge in [0.2, 0.25) is 0 Å². The van der Waals surface area contributed by atoms with E-state index in [4.69, 9.17) is 0 Å². The first-order valence-electron chi connectivity index (χ1n) is 13.9. The van der Waals surface area contributed by atoms with E-state index < -0.39 is 0 Å². The van der Waals surface area contributed by atoms with Crippen LogP contribution >= 0.6 is 0 Å². The zero-order chi connectivity index (χ0) is 26.7. The molecule has 0 N–H and O–H groups in total. The van der Waals surface area contributed by atoms with Crippen molar-refractivity contribution in [2.45, 2.75) is 33.1 Å². The molecule has 0 saturated heterocycles. The van der Waals surface area contributed by atoms with Crippen LogP contribution in [0.4, 0.5) is 0 Å². The van der Waals surface area contributed by atoms with Crippen LogP contribution in [0.5, 0.6) is 0 Å². The van der Waals surface area contributed by atoms with Crippen molar-refractivity contribution in [3.05, 3.63) is 155 Å². The second-order valence-electron chi connectivity index (χ2n) is 11.6. The van der Waals surface area contributed by atoms with Gasteiger partial charge in [0.25, 0.3) is 0 Å². The molecule has 7 rings (SSSR count). The average molecular weight is 501 g/mol. The van der Waals surface area contributed by atoms with Crippen LogP contribution in [-0.2, 0) is 5.41 Å². The molecule has 0 unspecified atom stereocenters. The van der Waals surface area contributed by atoms with Crippen molar-refractivity contribution in [1.82, 2.24) is 0 Å². The number of aryl methyl sites for hydroxylation is 2. The first-order chi connectivity index (χ1) is 18.9. The van der Waals surface area contributed by atoms with E-state index in [1.165, 1.54) is 77.2 Å². The molecule has 1 aliphatic rings. The molecule has 0 nitrogen and oxygen atoms in total. The van der Waals surface area contributed by atoms with Crippen LogP contribution in [0.1, 0.15) is 47.2 Å². The van der Waals surface area contributed by atoms with Crippen LogP contribution in [0.15, 0.2) is 121 Å². The summed E-state index contributed by atoms with van der Waals surface area (Å²) in [5.74, 6) is 0.